The highest BCUT2D eigenvalue weighted by Crippen LogP contribution is 2.34. The predicted octanol–water partition coefficient (Wildman–Crippen LogP) is 4.97. The molecule has 1 atom stereocenters. The Kier molecular flexibility index (Phi) is 7.78. The van der Waals surface area contributed by atoms with Crippen LogP contribution in [0.2, 0.25) is 0 Å². The second-order valence-electron chi connectivity index (χ2n) is 4.70. The van der Waals surface area contributed by atoms with Crippen molar-refractivity contribution in [2.75, 3.05) is 6.16 Å². The van der Waals surface area contributed by atoms with Gasteiger partial charge in [0.15, 0.2) is 0 Å². The Labute approximate surface area is 92.0 Å². The molecule has 0 radical (unpaired) electrons. The molecule has 0 saturated heterocycles. The fourth-order valence-corrected chi connectivity index (χ4v) is 4.02. The molecule has 0 aliphatic heterocycles. The molecule has 0 spiro atoms. The Morgan fingerprint density at radius 3 is 2.29 bits per heavy atom. The van der Waals surface area contributed by atoms with E-state index in [2.05, 4.69) is 6.92 Å². The highest BCUT2D eigenvalue weighted by atomic mass is 31.1. The van der Waals surface area contributed by atoms with Gasteiger partial charge in [-0.05, 0) is 31.1 Å². The van der Waals surface area contributed by atoms with Crippen LogP contribution >= 0.6 is 8.58 Å². The van der Waals surface area contributed by atoms with Crippen LogP contribution in [0.15, 0.2) is 0 Å². The molecule has 0 aromatic heterocycles. The first-order chi connectivity index (χ1) is 6.93. The number of hydrogen-bond acceptors (Lipinski definition) is 0. The van der Waals surface area contributed by atoms with Crippen molar-refractivity contribution >= 4 is 8.58 Å². The van der Waals surface area contributed by atoms with Gasteiger partial charge < -0.3 is 0 Å². The molecule has 0 N–H and O–H groups in total. The molecule has 0 aromatic rings. The Morgan fingerprint density at radius 2 is 1.57 bits per heavy atom. The Morgan fingerprint density at radius 1 is 0.929 bits per heavy atom. The van der Waals surface area contributed by atoms with E-state index < -0.39 is 0 Å². The summed E-state index contributed by atoms with van der Waals surface area (Å²) in [4.78, 5) is 0. The second kappa shape index (κ2) is 8.72. The van der Waals surface area contributed by atoms with Crippen molar-refractivity contribution in [1.29, 1.82) is 0 Å². The van der Waals surface area contributed by atoms with Crippen LogP contribution in [0.3, 0.4) is 0 Å². The summed E-state index contributed by atoms with van der Waals surface area (Å²) in [6.45, 7) is 2.29. The van der Waals surface area contributed by atoms with Gasteiger partial charge in [-0.1, -0.05) is 51.9 Å². The van der Waals surface area contributed by atoms with Crippen molar-refractivity contribution in [2.24, 2.45) is 0 Å². The van der Waals surface area contributed by atoms with Gasteiger partial charge in [-0.3, -0.25) is 0 Å². The summed E-state index contributed by atoms with van der Waals surface area (Å²) in [5.41, 5.74) is 1.14. The van der Waals surface area contributed by atoms with Crippen LogP contribution in [-0.4, -0.2) is 11.8 Å². The first-order valence-electron chi connectivity index (χ1n) is 6.67. The molecule has 84 valence electrons. The van der Waals surface area contributed by atoms with Gasteiger partial charge in [0.2, 0.25) is 0 Å². The molecule has 1 unspecified atom stereocenters. The van der Waals surface area contributed by atoms with Gasteiger partial charge >= 0.3 is 0 Å². The normalized spacial score (nSPS) is 18.6. The first-order valence-corrected chi connectivity index (χ1v) is 7.95. The third-order valence-electron chi connectivity index (χ3n) is 3.32. The van der Waals surface area contributed by atoms with Gasteiger partial charge in [-0.2, -0.15) is 0 Å². The predicted molar refractivity (Wildman–Crippen MR) is 68.8 cm³/mol. The molecule has 1 saturated carbocycles. The minimum absolute atomic E-state index is 1.14. The van der Waals surface area contributed by atoms with Crippen LogP contribution in [0.1, 0.15) is 71.1 Å². The molecule has 1 rings (SSSR count). The highest BCUT2D eigenvalue weighted by molar-refractivity contribution is 7.38. The zero-order chi connectivity index (χ0) is 10.1. The standard InChI is InChI=1S/C13H27P/c1-2-3-4-5-6-9-12-14-13-10-7-8-11-13/h13-14H,2-12H2,1H3. The van der Waals surface area contributed by atoms with Crippen LogP contribution in [0, 0.1) is 0 Å². The number of hydrogen-bond donors (Lipinski definition) is 0. The van der Waals surface area contributed by atoms with Crippen molar-refractivity contribution in [2.45, 2.75) is 76.8 Å². The molecular weight excluding hydrogens is 187 g/mol. The first kappa shape index (κ1) is 12.5. The molecular formula is C13H27P. The van der Waals surface area contributed by atoms with E-state index in [1.807, 2.05) is 0 Å². The lowest BCUT2D eigenvalue weighted by Crippen LogP contribution is -1.92. The van der Waals surface area contributed by atoms with Crippen LogP contribution in [0.5, 0.6) is 0 Å². The maximum absolute atomic E-state index is 2.29. The molecule has 0 nitrogen and oxygen atoms in total. The summed E-state index contributed by atoms with van der Waals surface area (Å²) >= 11 is 0. The third kappa shape index (κ3) is 6.02. The molecule has 0 heterocycles. The van der Waals surface area contributed by atoms with Crippen LogP contribution in [0.25, 0.3) is 0 Å². The number of rotatable bonds is 8. The molecule has 1 aliphatic rings. The van der Waals surface area contributed by atoms with E-state index in [9.17, 15) is 0 Å². The summed E-state index contributed by atoms with van der Waals surface area (Å²) in [6.07, 6.45) is 16.5. The lowest BCUT2D eigenvalue weighted by molar-refractivity contribution is 0.626. The summed E-state index contributed by atoms with van der Waals surface area (Å²) in [6, 6.07) is 0. The molecule has 1 fully saturated rings. The average molecular weight is 214 g/mol. The van der Waals surface area contributed by atoms with E-state index in [0.717, 1.165) is 5.66 Å². The zero-order valence-corrected chi connectivity index (χ0v) is 10.9. The lowest BCUT2D eigenvalue weighted by Gasteiger charge is -2.08. The third-order valence-corrected chi connectivity index (χ3v) is 5.12. The summed E-state index contributed by atoms with van der Waals surface area (Å²) in [5, 5.41) is 0. The minimum Gasteiger partial charge on any atom is -0.119 e. The van der Waals surface area contributed by atoms with Gasteiger partial charge in [0.25, 0.3) is 0 Å². The molecule has 0 aromatic carbocycles. The van der Waals surface area contributed by atoms with Crippen molar-refractivity contribution in [1.82, 2.24) is 0 Å². The largest absolute Gasteiger partial charge is 0.119 e. The average Bonchev–Trinajstić information content (AvgIpc) is 2.69. The lowest BCUT2D eigenvalue weighted by atomic mass is 10.1. The smallest absolute Gasteiger partial charge is 0.0237 e. The fourth-order valence-electron chi connectivity index (χ4n) is 2.34. The van der Waals surface area contributed by atoms with Crippen LogP contribution < -0.4 is 0 Å². The molecule has 0 amide bonds. The van der Waals surface area contributed by atoms with Crippen LogP contribution in [-0.2, 0) is 0 Å². The molecule has 14 heavy (non-hydrogen) atoms. The Bertz CT molecular complexity index is 116. The van der Waals surface area contributed by atoms with E-state index in [0.29, 0.717) is 0 Å². The summed E-state index contributed by atoms with van der Waals surface area (Å²) < 4.78 is 0. The van der Waals surface area contributed by atoms with E-state index in [4.69, 9.17) is 0 Å². The molecule has 0 bridgehead atoms. The Balaban J connectivity index is 1.75. The van der Waals surface area contributed by atoms with E-state index in [1.54, 1.807) is 12.8 Å². The van der Waals surface area contributed by atoms with Gasteiger partial charge in [0.05, 0.1) is 0 Å². The second-order valence-corrected chi connectivity index (χ2v) is 6.43. The Hall–Kier alpha value is 0.430. The zero-order valence-electron chi connectivity index (χ0n) is 9.86. The van der Waals surface area contributed by atoms with Gasteiger partial charge in [-0.15, -0.1) is 8.58 Å². The van der Waals surface area contributed by atoms with E-state index in [-0.39, 0.29) is 0 Å². The van der Waals surface area contributed by atoms with Gasteiger partial charge in [0, 0.05) is 0 Å². The van der Waals surface area contributed by atoms with Crippen LogP contribution in [0.4, 0.5) is 0 Å². The maximum atomic E-state index is 2.29. The SMILES string of the molecule is CCCCCCCCPC1CCCC1. The van der Waals surface area contributed by atoms with Gasteiger partial charge in [-0.25, -0.2) is 0 Å². The van der Waals surface area contributed by atoms with E-state index >= 15 is 0 Å². The van der Waals surface area contributed by atoms with Gasteiger partial charge in [0.1, 0.15) is 0 Å². The number of unbranched alkanes of at least 4 members (excludes halogenated alkanes) is 5. The monoisotopic (exact) mass is 214 g/mol. The van der Waals surface area contributed by atoms with Crippen molar-refractivity contribution < 1.29 is 0 Å². The fraction of sp³-hybridized carbons (Fsp3) is 1.00. The van der Waals surface area contributed by atoms with Crippen molar-refractivity contribution in [3.8, 4) is 0 Å². The summed E-state index contributed by atoms with van der Waals surface area (Å²) in [7, 11) is 1.30. The topological polar surface area (TPSA) is 0 Å². The highest BCUT2D eigenvalue weighted by Gasteiger charge is 2.13. The maximum Gasteiger partial charge on any atom is -0.0237 e. The van der Waals surface area contributed by atoms with Crippen molar-refractivity contribution in [3.05, 3.63) is 0 Å². The summed E-state index contributed by atoms with van der Waals surface area (Å²) in [5.74, 6) is 0. The van der Waals surface area contributed by atoms with Crippen molar-refractivity contribution in [3.63, 3.8) is 0 Å². The quantitative estimate of drug-likeness (QED) is 0.395. The minimum atomic E-state index is 1.14. The molecule has 1 heteroatoms. The van der Waals surface area contributed by atoms with E-state index in [1.165, 1.54) is 66.1 Å². The molecule has 1 aliphatic carbocycles.